The Morgan fingerprint density at radius 1 is 1.53 bits per heavy atom. The number of amides is 1. The zero-order valence-electron chi connectivity index (χ0n) is 11.6. The van der Waals surface area contributed by atoms with Crippen LogP contribution in [0.3, 0.4) is 0 Å². The van der Waals surface area contributed by atoms with Crippen LogP contribution >= 0.6 is 11.6 Å². The lowest BCUT2D eigenvalue weighted by Gasteiger charge is -2.14. The van der Waals surface area contributed by atoms with E-state index in [0.29, 0.717) is 25.8 Å². The van der Waals surface area contributed by atoms with Gasteiger partial charge in [-0.2, -0.15) is 0 Å². The van der Waals surface area contributed by atoms with Gasteiger partial charge in [0.15, 0.2) is 0 Å². The zero-order valence-corrected chi connectivity index (χ0v) is 12.3. The summed E-state index contributed by atoms with van der Waals surface area (Å²) in [6, 6.07) is 0. The lowest BCUT2D eigenvalue weighted by atomic mass is 10.0. The van der Waals surface area contributed by atoms with Crippen LogP contribution < -0.4 is 5.32 Å². The molecule has 2 unspecified atom stereocenters. The molecule has 2 atom stereocenters. The van der Waals surface area contributed by atoms with Crippen molar-refractivity contribution in [1.29, 1.82) is 0 Å². The molecule has 0 spiro atoms. The van der Waals surface area contributed by atoms with Crippen LogP contribution in [0.2, 0.25) is 5.22 Å². The second-order valence-electron chi connectivity index (χ2n) is 5.01. The molecule has 1 aromatic rings. The monoisotopic (exact) mass is 288 g/mol. The van der Waals surface area contributed by atoms with Gasteiger partial charge < -0.3 is 14.9 Å². The zero-order chi connectivity index (χ0) is 14.4. The lowest BCUT2D eigenvalue weighted by molar-refractivity contribution is -0.121. The van der Waals surface area contributed by atoms with Gasteiger partial charge in [-0.05, 0) is 44.2 Å². The number of halogens is 1. The number of nitrogens with one attached hydrogen (secondary N) is 1. The van der Waals surface area contributed by atoms with E-state index in [-0.39, 0.29) is 23.1 Å². The normalized spacial score (nSPS) is 14.2. The average molecular weight is 289 g/mol. The van der Waals surface area contributed by atoms with Crippen LogP contribution in [0.15, 0.2) is 4.52 Å². The number of aromatic nitrogens is 1. The summed E-state index contributed by atoms with van der Waals surface area (Å²) < 4.78 is 4.83. The molecule has 0 aliphatic rings. The van der Waals surface area contributed by atoms with E-state index >= 15 is 0 Å². The first-order valence-corrected chi connectivity index (χ1v) is 6.83. The van der Waals surface area contributed by atoms with E-state index in [9.17, 15) is 9.90 Å². The minimum Gasteiger partial charge on any atom is -0.393 e. The Hall–Kier alpha value is -1.07. The molecule has 19 heavy (non-hydrogen) atoms. The Kier molecular flexibility index (Phi) is 6.31. The van der Waals surface area contributed by atoms with E-state index in [1.165, 1.54) is 0 Å². The van der Waals surface area contributed by atoms with Crippen LogP contribution in [0.5, 0.6) is 0 Å². The topological polar surface area (TPSA) is 75.4 Å². The highest BCUT2D eigenvalue weighted by Crippen LogP contribution is 2.20. The molecule has 0 radical (unpaired) electrons. The van der Waals surface area contributed by atoms with E-state index in [1.54, 1.807) is 13.8 Å². The molecule has 0 aromatic carbocycles. The van der Waals surface area contributed by atoms with E-state index in [0.717, 1.165) is 11.3 Å². The highest BCUT2D eigenvalue weighted by atomic mass is 35.5. The molecular weight excluding hydrogens is 268 g/mol. The summed E-state index contributed by atoms with van der Waals surface area (Å²) in [7, 11) is 0. The predicted octanol–water partition coefficient (Wildman–Crippen LogP) is 2.09. The third-order valence-corrected chi connectivity index (χ3v) is 3.23. The number of aliphatic hydroxyl groups excluding tert-OH is 1. The van der Waals surface area contributed by atoms with Gasteiger partial charge in [-0.1, -0.05) is 12.1 Å². The fraction of sp³-hybridized carbons (Fsp3) is 0.692. The Bertz CT molecular complexity index is 399. The fourth-order valence-corrected chi connectivity index (χ4v) is 2.19. The lowest BCUT2D eigenvalue weighted by Crippen LogP contribution is -2.29. The number of rotatable bonds is 7. The molecule has 1 amide bonds. The molecule has 1 heterocycles. The quantitative estimate of drug-likeness (QED) is 0.805. The van der Waals surface area contributed by atoms with Crippen molar-refractivity contribution in [1.82, 2.24) is 10.5 Å². The van der Waals surface area contributed by atoms with Crippen molar-refractivity contribution in [2.24, 2.45) is 5.92 Å². The van der Waals surface area contributed by atoms with E-state index < -0.39 is 0 Å². The molecule has 0 saturated heterocycles. The van der Waals surface area contributed by atoms with Crippen molar-refractivity contribution in [2.75, 3.05) is 6.54 Å². The standard InChI is InChI=1S/C13H21ClN2O3/c1-8(6-9(2)17)7-15-12(18)5-4-11-10(3)16-19-13(11)14/h8-9,17H,4-7H2,1-3H3,(H,15,18). The number of nitrogens with zero attached hydrogens (tertiary/aromatic N) is 1. The largest absolute Gasteiger partial charge is 0.393 e. The Morgan fingerprint density at radius 3 is 2.74 bits per heavy atom. The van der Waals surface area contributed by atoms with Crippen molar-refractivity contribution in [2.45, 2.75) is 46.1 Å². The van der Waals surface area contributed by atoms with Gasteiger partial charge in [0.25, 0.3) is 0 Å². The molecule has 0 aliphatic carbocycles. The van der Waals surface area contributed by atoms with Gasteiger partial charge in [0.05, 0.1) is 11.8 Å². The maximum Gasteiger partial charge on any atom is 0.229 e. The highest BCUT2D eigenvalue weighted by molar-refractivity contribution is 6.29. The smallest absolute Gasteiger partial charge is 0.229 e. The van der Waals surface area contributed by atoms with E-state index in [1.807, 2.05) is 6.92 Å². The molecule has 0 bridgehead atoms. The number of carbonyl (C=O) groups is 1. The van der Waals surface area contributed by atoms with Crippen molar-refractivity contribution in [3.8, 4) is 0 Å². The summed E-state index contributed by atoms with van der Waals surface area (Å²) in [4.78, 5) is 11.7. The number of aliphatic hydroxyl groups is 1. The Balaban J connectivity index is 2.29. The summed E-state index contributed by atoms with van der Waals surface area (Å²) in [6.07, 6.45) is 1.20. The number of carbonyl (C=O) groups excluding carboxylic acids is 1. The minimum absolute atomic E-state index is 0.0332. The molecule has 6 heteroatoms. The highest BCUT2D eigenvalue weighted by Gasteiger charge is 2.13. The number of hydrogen-bond donors (Lipinski definition) is 2. The van der Waals surface area contributed by atoms with Crippen molar-refractivity contribution >= 4 is 17.5 Å². The third-order valence-electron chi connectivity index (χ3n) is 2.93. The van der Waals surface area contributed by atoms with Gasteiger partial charge in [0, 0.05) is 18.5 Å². The van der Waals surface area contributed by atoms with Crippen LogP contribution in [-0.2, 0) is 11.2 Å². The Morgan fingerprint density at radius 2 is 2.21 bits per heavy atom. The molecule has 0 fully saturated rings. The molecule has 5 nitrogen and oxygen atoms in total. The second kappa shape index (κ2) is 7.50. The van der Waals surface area contributed by atoms with Crippen LogP contribution in [0.1, 0.15) is 37.9 Å². The molecule has 2 N–H and O–H groups in total. The fourth-order valence-electron chi connectivity index (χ4n) is 1.92. The van der Waals surface area contributed by atoms with Gasteiger partial charge >= 0.3 is 0 Å². The third kappa shape index (κ3) is 5.61. The summed E-state index contributed by atoms with van der Waals surface area (Å²) in [5.74, 6) is 0.221. The molecule has 108 valence electrons. The molecule has 0 aliphatic heterocycles. The number of aryl methyl sites for hydroxylation is 1. The van der Waals surface area contributed by atoms with Crippen molar-refractivity contribution in [3.63, 3.8) is 0 Å². The maximum atomic E-state index is 11.7. The molecule has 1 aromatic heterocycles. The summed E-state index contributed by atoms with van der Waals surface area (Å²) >= 11 is 5.82. The van der Waals surface area contributed by atoms with E-state index in [4.69, 9.17) is 16.1 Å². The Labute approximate surface area is 118 Å². The summed E-state index contributed by atoms with van der Waals surface area (Å²) in [5, 5.41) is 16.1. The van der Waals surface area contributed by atoms with Crippen molar-refractivity contribution in [3.05, 3.63) is 16.5 Å². The van der Waals surface area contributed by atoms with Crippen molar-refractivity contribution < 1.29 is 14.4 Å². The van der Waals surface area contributed by atoms with Crippen LogP contribution in [0.4, 0.5) is 0 Å². The van der Waals surface area contributed by atoms with Gasteiger partial charge in [-0.25, -0.2) is 0 Å². The van der Waals surface area contributed by atoms with Gasteiger partial charge in [0.2, 0.25) is 11.1 Å². The minimum atomic E-state index is -0.342. The van der Waals surface area contributed by atoms with Gasteiger partial charge in [-0.3, -0.25) is 4.79 Å². The van der Waals surface area contributed by atoms with Crippen LogP contribution in [0.25, 0.3) is 0 Å². The second-order valence-corrected chi connectivity index (χ2v) is 5.36. The first kappa shape index (κ1) is 16.0. The first-order valence-electron chi connectivity index (χ1n) is 6.45. The van der Waals surface area contributed by atoms with Crippen LogP contribution in [0, 0.1) is 12.8 Å². The van der Waals surface area contributed by atoms with E-state index in [2.05, 4.69) is 10.5 Å². The first-order chi connectivity index (χ1) is 8.90. The van der Waals surface area contributed by atoms with Crippen LogP contribution in [-0.4, -0.2) is 28.8 Å². The molecule has 1 rings (SSSR count). The van der Waals surface area contributed by atoms with Gasteiger partial charge in [-0.15, -0.1) is 0 Å². The number of hydrogen-bond acceptors (Lipinski definition) is 4. The van der Waals surface area contributed by atoms with Gasteiger partial charge in [0.1, 0.15) is 0 Å². The summed E-state index contributed by atoms with van der Waals surface area (Å²) in [6.45, 7) is 6.11. The molecule has 0 saturated carbocycles. The average Bonchev–Trinajstić information content (AvgIpc) is 2.63. The maximum absolute atomic E-state index is 11.7. The SMILES string of the molecule is Cc1noc(Cl)c1CCC(=O)NCC(C)CC(C)O. The predicted molar refractivity (Wildman–Crippen MR) is 73.0 cm³/mol. The summed E-state index contributed by atoms with van der Waals surface area (Å²) in [5.41, 5.74) is 1.51. The molecular formula is C13H21ClN2O3.